The van der Waals surface area contributed by atoms with Gasteiger partial charge < -0.3 is 9.88 Å². The second kappa shape index (κ2) is 5.65. The number of rotatable bonds is 2. The number of halogens is 2. The summed E-state index contributed by atoms with van der Waals surface area (Å²) in [4.78, 5) is 4.51. The summed E-state index contributed by atoms with van der Waals surface area (Å²) in [7, 11) is 0. The van der Waals surface area contributed by atoms with Crippen LogP contribution in [0.4, 0.5) is 0 Å². The fourth-order valence-corrected chi connectivity index (χ4v) is 3.46. The molecule has 100 valence electrons. The first-order valence-corrected chi connectivity index (χ1v) is 7.61. The highest BCUT2D eigenvalue weighted by atomic mass is 79.9. The van der Waals surface area contributed by atoms with Crippen LogP contribution in [0.3, 0.4) is 0 Å². The molecule has 0 aliphatic carbocycles. The minimum atomic E-state index is 0.525. The molecule has 0 saturated carbocycles. The number of imidazole rings is 1. The summed E-state index contributed by atoms with van der Waals surface area (Å²) in [5, 5.41) is 4.12. The van der Waals surface area contributed by atoms with Crippen molar-refractivity contribution in [3.8, 4) is 11.4 Å². The number of nitrogens with one attached hydrogen (secondary N) is 1. The van der Waals surface area contributed by atoms with Crippen molar-refractivity contribution in [3.05, 3.63) is 40.1 Å². The quantitative estimate of drug-likeness (QED) is 0.899. The monoisotopic (exact) mass is 339 g/mol. The third-order valence-corrected chi connectivity index (χ3v) is 4.17. The molecule has 0 atom stereocenters. The van der Waals surface area contributed by atoms with Crippen LogP contribution in [0.2, 0.25) is 5.02 Å². The Bertz CT molecular complexity index is 556. The van der Waals surface area contributed by atoms with Gasteiger partial charge in [0.25, 0.3) is 0 Å². The van der Waals surface area contributed by atoms with Gasteiger partial charge in [0.15, 0.2) is 0 Å². The van der Waals surface area contributed by atoms with E-state index in [0.29, 0.717) is 6.04 Å². The standard InChI is InChI=1S/C14H15BrClN3/c15-11-7-10(8-12(16)9-11)14-18-5-6-19(14)13-1-3-17-4-2-13/h5-9,13,17H,1-4H2. The molecule has 0 unspecified atom stereocenters. The average Bonchev–Trinajstić information content (AvgIpc) is 2.88. The molecular weight excluding hydrogens is 326 g/mol. The predicted octanol–water partition coefficient (Wildman–Crippen LogP) is 3.89. The van der Waals surface area contributed by atoms with E-state index in [4.69, 9.17) is 11.6 Å². The van der Waals surface area contributed by atoms with Crippen LogP contribution in [-0.4, -0.2) is 22.6 Å². The maximum Gasteiger partial charge on any atom is 0.140 e. The summed E-state index contributed by atoms with van der Waals surface area (Å²) < 4.78 is 3.26. The van der Waals surface area contributed by atoms with Crippen LogP contribution in [0.1, 0.15) is 18.9 Å². The topological polar surface area (TPSA) is 29.9 Å². The van der Waals surface area contributed by atoms with Crippen LogP contribution in [0.25, 0.3) is 11.4 Å². The van der Waals surface area contributed by atoms with Crippen LogP contribution >= 0.6 is 27.5 Å². The van der Waals surface area contributed by atoms with E-state index in [9.17, 15) is 0 Å². The van der Waals surface area contributed by atoms with Crippen LogP contribution in [0.15, 0.2) is 35.1 Å². The van der Waals surface area contributed by atoms with Gasteiger partial charge in [0, 0.05) is 33.5 Å². The SMILES string of the molecule is Clc1cc(Br)cc(-c2nccn2C2CCNCC2)c1. The Morgan fingerprint density at radius 2 is 2.05 bits per heavy atom. The summed E-state index contributed by atoms with van der Waals surface area (Å²) in [6.45, 7) is 2.14. The summed E-state index contributed by atoms with van der Waals surface area (Å²) >= 11 is 9.62. The Balaban J connectivity index is 1.98. The van der Waals surface area contributed by atoms with Gasteiger partial charge in [-0.05, 0) is 44.1 Å². The molecule has 3 nitrogen and oxygen atoms in total. The van der Waals surface area contributed by atoms with Gasteiger partial charge in [0.2, 0.25) is 0 Å². The van der Waals surface area contributed by atoms with E-state index in [1.165, 1.54) is 0 Å². The number of piperidine rings is 1. The molecule has 1 aliphatic rings. The molecule has 5 heteroatoms. The zero-order chi connectivity index (χ0) is 13.2. The minimum Gasteiger partial charge on any atom is -0.328 e. The Hall–Kier alpha value is -0.840. The predicted molar refractivity (Wildman–Crippen MR) is 81.5 cm³/mol. The lowest BCUT2D eigenvalue weighted by Crippen LogP contribution is -2.29. The van der Waals surface area contributed by atoms with Gasteiger partial charge in [-0.3, -0.25) is 0 Å². The fraction of sp³-hybridized carbons (Fsp3) is 0.357. The Kier molecular flexibility index (Phi) is 3.91. The lowest BCUT2D eigenvalue weighted by molar-refractivity contribution is 0.370. The Morgan fingerprint density at radius 1 is 1.26 bits per heavy atom. The van der Waals surface area contributed by atoms with Crippen molar-refractivity contribution in [1.82, 2.24) is 14.9 Å². The summed E-state index contributed by atoms with van der Waals surface area (Å²) in [5.74, 6) is 0.995. The van der Waals surface area contributed by atoms with E-state index in [-0.39, 0.29) is 0 Å². The van der Waals surface area contributed by atoms with Crippen molar-refractivity contribution < 1.29 is 0 Å². The zero-order valence-corrected chi connectivity index (χ0v) is 12.8. The molecule has 0 bridgehead atoms. The smallest absolute Gasteiger partial charge is 0.140 e. The van der Waals surface area contributed by atoms with Crippen LogP contribution in [-0.2, 0) is 0 Å². The molecule has 1 aromatic heterocycles. The lowest BCUT2D eigenvalue weighted by atomic mass is 10.1. The van der Waals surface area contributed by atoms with E-state index in [1.807, 2.05) is 18.3 Å². The molecule has 2 heterocycles. The molecule has 0 spiro atoms. The summed E-state index contributed by atoms with van der Waals surface area (Å²) in [5.41, 5.74) is 1.06. The van der Waals surface area contributed by atoms with E-state index in [2.05, 4.69) is 43.1 Å². The van der Waals surface area contributed by atoms with Gasteiger partial charge in [-0.2, -0.15) is 0 Å². The van der Waals surface area contributed by atoms with Gasteiger partial charge in [0.05, 0.1) is 0 Å². The van der Waals surface area contributed by atoms with E-state index >= 15 is 0 Å². The van der Waals surface area contributed by atoms with Crippen molar-refractivity contribution in [2.24, 2.45) is 0 Å². The highest BCUT2D eigenvalue weighted by Gasteiger charge is 2.18. The number of benzene rings is 1. The second-order valence-electron chi connectivity index (χ2n) is 4.80. The zero-order valence-electron chi connectivity index (χ0n) is 10.4. The molecule has 1 fully saturated rings. The highest BCUT2D eigenvalue weighted by molar-refractivity contribution is 9.10. The van der Waals surface area contributed by atoms with Crippen molar-refractivity contribution in [2.75, 3.05) is 13.1 Å². The molecular formula is C14H15BrClN3. The molecule has 19 heavy (non-hydrogen) atoms. The van der Waals surface area contributed by atoms with E-state index in [0.717, 1.165) is 46.8 Å². The molecule has 1 N–H and O–H groups in total. The fourth-order valence-electron chi connectivity index (χ4n) is 2.60. The van der Waals surface area contributed by atoms with Crippen molar-refractivity contribution in [2.45, 2.75) is 18.9 Å². The molecule has 0 amide bonds. The highest BCUT2D eigenvalue weighted by Crippen LogP contribution is 2.30. The third-order valence-electron chi connectivity index (χ3n) is 3.49. The van der Waals surface area contributed by atoms with Gasteiger partial charge in [-0.1, -0.05) is 27.5 Å². The Labute approximate surface area is 126 Å². The first kappa shape index (κ1) is 13.2. The molecule has 1 aromatic carbocycles. The van der Waals surface area contributed by atoms with Crippen molar-refractivity contribution >= 4 is 27.5 Å². The van der Waals surface area contributed by atoms with Crippen molar-refractivity contribution in [3.63, 3.8) is 0 Å². The normalized spacial score (nSPS) is 16.7. The Morgan fingerprint density at radius 3 is 2.79 bits per heavy atom. The van der Waals surface area contributed by atoms with Gasteiger partial charge >= 0.3 is 0 Å². The lowest BCUT2D eigenvalue weighted by Gasteiger charge is -2.25. The second-order valence-corrected chi connectivity index (χ2v) is 6.15. The van der Waals surface area contributed by atoms with Gasteiger partial charge in [-0.25, -0.2) is 4.98 Å². The number of aromatic nitrogens is 2. The molecule has 1 saturated heterocycles. The number of nitrogens with zero attached hydrogens (tertiary/aromatic N) is 2. The summed E-state index contributed by atoms with van der Waals surface area (Å²) in [6, 6.07) is 6.44. The molecule has 0 radical (unpaired) electrons. The molecule has 1 aliphatic heterocycles. The van der Waals surface area contributed by atoms with E-state index in [1.54, 1.807) is 0 Å². The van der Waals surface area contributed by atoms with Crippen molar-refractivity contribution in [1.29, 1.82) is 0 Å². The van der Waals surface area contributed by atoms with Crippen LogP contribution in [0, 0.1) is 0 Å². The van der Waals surface area contributed by atoms with Gasteiger partial charge in [0.1, 0.15) is 5.82 Å². The minimum absolute atomic E-state index is 0.525. The number of hydrogen-bond donors (Lipinski definition) is 1. The first-order chi connectivity index (χ1) is 9.24. The number of hydrogen-bond acceptors (Lipinski definition) is 2. The maximum absolute atomic E-state index is 6.13. The largest absolute Gasteiger partial charge is 0.328 e. The molecule has 2 aromatic rings. The van der Waals surface area contributed by atoms with Crippen LogP contribution < -0.4 is 5.32 Å². The van der Waals surface area contributed by atoms with Crippen LogP contribution in [0.5, 0.6) is 0 Å². The summed E-state index contributed by atoms with van der Waals surface area (Å²) in [6.07, 6.45) is 6.22. The van der Waals surface area contributed by atoms with E-state index < -0.39 is 0 Å². The average molecular weight is 341 g/mol. The first-order valence-electron chi connectivity index (χ1n) is 6.44. The molecule has 3 rings (SSSR count). The maximum atomic E-state index is 6.13. The van der Waals surface area contributed by atoms with Gasteiger partial charge in [-0.15, -0.1) is 0 Å². The third kappa shape index (κ3) is 2.86.